The van der Waals surface area contributed by atoms with Crippen LogP contribution >= 0.6 is 0 Å². The highest BCUT2D eigenvalue weighted by Gasteiger charge is 2.19. The molecular formula is C13H23N3. The number of hydrogen-bond donors (Lipinski definition) is 1. The molecule has 0 saturated heterocycles. The summed E-state index contributed by atoms with van der Waals surface area (Å²) in [6, 6.07) is 0. The monoisotopic (exact) mass is 221 g/mol. The average molecular weight is 221 g/mol. The van der Waals surface area contributed by atoms with E-state index in [1.807, 2.05) is 0 Å². The highest BCUT2D eigenvalue weighted by molar-refractivity contribution is 5.19. The molecule has 1 aromatic rings. The predicted molar refractivity (Wildman–Crippen MR) is 66.4 cm³/mol. The van der Waals surface area contributed by atoms with E-state index in [9.17, 15) is 0 Å². The quantitative estimate of drug-likeness (QED) is 0.830. The number of aryl methyl sites for hydroxylation is 1. The summed E-state index contributed by atoms with van der Waals surface area (Å²) in [7, 11) is 0. The summed E-state index contributed by atoms with van der Waals surface area (Å²) in [5.74, 6) is 1.18. The summed E-state index contributed by atoms with van der Waals surface area (Å²) in [4.78, 5) is 4.65. The van der Waals surface area contributed by atoms with Crippen LogP contribution in [0.4, 0.5) is 0 Å². The molecule has 2 heterocycles. The maximum absolute atomic E-state index is 4.65. The van der Waals surface area contributed by atoms with Crippen molar-refractivity contribution in [1.82, 2.24) is 14.9 Å². The van der Waals surface area contributed by atoms with Crippen molar-refractivity contribution in [2.75, 3.05) is 6.54 Å². The van der Waals surface area contributed by atoms with Crippen LogP contribution in [-0.2, 0) is 19.5 Å². The molecule has 1 N–H and O–H groups in total. The van der Waals surface area contributed by atoms with Gasteiger partial charge in [0, 0.05) is 31.7 Å². The largest absolute Gasteiger partial charge is 0.332 e. The maximum Gasteiger partial charge on any atom is 0.106 e. The Labute approximate surface area is 98.3 Å². The fraction of sp³-hybridized carbons (Fsp3) is 0.769. The molecule has 1 aliphatic rings. The van der Waals surface area contributed by atoms with Gasteiger partial charge in [-0.15, -0.1) is 0 Å². The van der Waals surface area contributed by atoms with Gasteiger partial charge in [0.15, 0.2) is 0 Å². The molecule has 0 aliphatic carbocycles. The van der Waals surface area contributed by atoms with Crippen LogP contribution in [0.5, 0.6) is 0 Å². The molecule has 3 nitrogen and oxygen atoms in total. The molecule has 16 heavy (non-hydrogen) atoms. The molecule has 0 unspecified atom stereocenters. The third kappa shape index (κ3) is 2.46. The second-order valence-corrected chi connectivity index (χ2v) is 5.94. The van der Waals surface area contributed by atoms with E-state index < -0.39 is 0 Å². The molecule has 0 spiro atoms. The van der Waals surface area contributed by atoms with Crippen LogP contribution in [-0.4, -0.2) is 16.1 Å². The molecule has 0 saturated carbocycles. The standard InChI is InChI=1S/C13H23N3/c1-10-15-11-9-14-7-5-12(11)16(10)8-6-13(2,3)4/h14H,5-9H2,1-4H3. The number of nitrogens with one attached hydrogen (secondary N) is 1. The van der Waals surface area contributed by atoms with Crippen LogP contribution in [0.1, 0.15) is 44.4 Å². The molecule has 0 radical (unpaired) electrons. The SMILES string of the molecule is Cc1nc2c(n1CCC(C)(C)C)CCNC2. The van der Waals surface area contributed by atoms with Gasteiger partial charge in [0.1, 0.15) is 5.82 Å². The average Bonchev–Trinajstić information content (AvgIpc) is 2.49. The molecule has 1 aliphatic heterocycles. The summed E-state index contributed by atoms with van der Waals surface area (Å²) in [5, 5.41) is 3.38. The molecule has 90 valence electrons. The number of fused-ring (bicyclic) bond motifs is 1. The van der Waals surface area contributed by atoms with Crippen LogP contribution in [0.25, 0.3) is 0 Å². The van der Waals surface area contributed by atoms with Crippen LogP contribution in [0.2, 0.25) is 0 Å². The molecule has 0 fully saturated rings. The Morgan fingerprint density at radius 2 is 2.12 bits per heavy atom. The normalized spacial score (nSPS) is 16.2. The van der Waals surface area contributed by atoms with Gasteiger partial charge < -0.3 is 9.88 Å². The first-order chi connectivity index (χ1) is 7.47. The van der Waals surface area contributed by atoms with Crippen LogP contribution in [0.3, 0.4) is 0 Å². The van der Waals surface area contributed by atoms with Crippen molar-refractivity contribution >= 4 is 0 Å². The summed E-state index contributed by atoms with van der Waals surface area (Å²) in [6.45, 7) is 12.2. The van der Waals surface area contributed by atoms with E-state index in [0.717, 1.165) is 26.1 Å². The van der Waals surface area contributed by atoms with Gasteiger partial charge in [0.2, 0.25) is 0 Å². The van der Waals surface area contributed by atoms with Crippen molar-refractivity contribution in [2.45, 2.75) is 53.6 Å². The van der Waals surface area contributed by atoms with E-state index in [0.29, 0.717) is 5.41 Å². The van der Waals surface area contributed by atoms with Crippen LogP contribution in [0.15, 0.2) is 0 Å². The highest BCUT2D eigenvalue weighted by Crippen LogP contribution is 2.22. The minimum atomic E-state index is 0.399. The second kappa shape index (κ2) is 4.21. The predicted octanol–water partition coefficient (Wildman–Crippen LogP) is 2.27. The van der Waals surface area contributed by atoms with E-state index in [1.54, 1.807) is 0 Å². The van der Waals surface area contributed by atoms with Gasteiger partial charge in [-0.1, -0.05) is 20.8 Å². The van der Waals surface area contributed by atoms with Gasteiger partial charge in [0.25, 0.3) is 0 Å². The van der Waals surface area contributed by atoms with E-state index in [2.05, 4.69) is 42.6 Å². The molecule has 1 aromatic heterocycles. The van der Waals surface area contributed by atoms with Crippen molar-refractivity contribution in [3.05, 3.63) is 17.2 Å². The van der Waals surface area contributed by atoms with Gasteiger partial charge in [0.05, 0.1) is 5.69 Å². The number of aromatic nitrogens is 2. The van der Waals surface area contributed by atoms with Crippen LogP contribution in [0, 0.1) is 12.3 Å². The van der Waals surface area contributed by atoms with Crippen LogP contribution < -0.4 is 5.32 Å². The fourth-order valence-electron chi connectivity index (χ4n) is 2.25. The zero-order valence-electron chi connectivity index (χ0n) is 10.9. The summed E-state index contributed by atoms with van der Waals surface area (Å²) in [6.07, 6.45) is 2.34. The lowest BCUT2D eigenvalue weighted by Crippen LogP contribution is -2.25. The second-order valence-electron chi connectivity index (χ2n) is 5.94. The maximum atomic E-state index is 4.65. The first-order valence-corrected chi connectivity index (χ1v) is 6.23. The lowest BCUT2D eigenvalue weighted by Gasteiger charge is -2.21. The highest BCUT2D eigenvalue weighted by atomic mass is 15.1. The number of imidazole rings is 1. The van der Waals surface area contributed by atoms with E-state index in [1.165, 1.54) is 23.6 Å². The number of nitrogens with zero attached hydrogens (tertiary/aromatic N) is 2. The zero-order chi connectivity index (χ0) is 11.8. The van der Waals surface area contributed by atoms with Gasteiger partial charge in [-0.3, -0.25) is 0 Å². The van der Waals surface area contributed by atoms with Gasteiger partial charge >= 0.3 is 0 Å². The Morgan fingerprint density at radius 3 is 2.81 bits per heavy atom. The van der Waals surface area contributed by atoms with Crippen molar-refractivity contribution in [1.29, 1.82) is 0 Å². The lowest BCUT2D eigenvalue weighted by atomic mass is 9.92. The lowest BCUT2D eigenvalue weighted by molar-refractivity contribution is 0.345. The van der Waals surface area contributed by atoms with E-state index in [-0.39, 0.29) is 0 Å². The minimum Gasteiger partial charge on any atom is -0.332 e. The molecule has 0 amide bonds. The Kier molecular flexibility index (Phi) is 3.06. The van der Waals surface area contributed by atoms with Crippen molar-refractivity contribution in [3.8, 4) is 0 Å². The molecule has 3 heteroatoms. The number of hydrogen-bond acceptors (Lipinski definition) is 2. The minimum absolute atomic E-state index is 0.399. The zero-order valence-corrected chi connectivity index (χ0v) is 10.9. The van der Waals surface area contributed by atoms with E-state index >= 15 is 0 Å². The summed E-state index contributed by atoms with van der Waals surface area (Å²) >= 11 is 0. The summed E-state index contributed by atoms with van der Waals surface area (Å²) in [5.41, 5.74) is 3.12. The summed E-state index contributed by atoms with van der Waals surface area (Å²) < 4.78 is 2.42. The Balaban J connectivity index is 2.17. The molecular weight excluding hydrogens is 198 g/mol. The van der Waals surface area contributed by atoms with Gasteiger partial charge in [-0.05, 0) is 18.8 Å². The first-order valence-electron chi connectivity index (χ1n) is 6.23. The third-order valence-corrected chi connectivity index (χ3v) is 3.26. The first kappa shape index (κ1) is 11.6. The molecule has 0 atom stereocenters. The van der Waals surface area contributed by atoms with Crippen molar-refractivity contribution < 1.29 is 0 Å². The molecule has 0 bridgehead atoms. The molecule has 0 aromatic carbocycles. The Morgan fingerprint density at radius 1 is 1.38 bits per heavy atom. The van der Waals surface area contributed by atoms with Gasteiger partial charge in [-0.2, -0.15) is 0 Å². The smallest absolute Gasteiger partial charge is 0.106 e. The topological polar surface area (TPSA) is 29.9 Å². The number of rotatable bonds is 2. The van der Waals surface area contributed by atoms with E-state index in [4.69, 9.17) is 0 Å². The van der Waals surface area contributed by atoms with Gasteiger partial charge in [-0.25, -0.2) is 4.98 Å². The molecule has 2 rings (SSSR count). The Bertz CT molecular complexity index is 371. The Hall–Kier alpha value is -0.830. The van der Waals surface area contributed by atoms with Crippen molar-refractivity contribution in [2.24, 2.45) is 5.41 Å². The fourth-order valence-corrected chi connectivity index (χ4v) is 2.25. The van der Waals surface area contributed by atoms with Crippen molar-refractivity contribution in [3.63, 3.8) is 0 Å². The third-order valence-electron chi connectivity index (χ3n) is 3.26.